The molecule has 1 aromatic heterocycles. The highest BCUT2D eigenvalue weighted by Crippen LogP contribution is 2.23. The molecule has 3 N–H and O–H groups in total. The molecular formula is C31H35N5O6. The topological polar surface area (TPSA) is 143 Å². The lowest BCUT2D eigenvalue weighted by atomic mass is 10.1. The maximum atomic E-state index is 12.9. The fourth-order valence-electron chi connectivity index (χ4n) is 4.98. The minimum absolute atomic E-state index is 0.00241. The molecule has 2 saturated heterocycles. The first-order chi connectivity index (χ1) is 19.9. The lowest BCUT2D eigenvalue weighted by molar-refractivity contribution is 0.0694. The van der Waals surface area contributed by atoms with E-state index in [9.17, 15) is 19.2 Å². The number of hydrogen-bond donors (Lipinski definition) is 3. The molecule has 2 aliphatic heterocycles. The van der Waals surface area contributed by atoms with Crippen LogP contribution in [0.25, 0.3) is 0 Å². The van der Waals surface area contributed by atoms with E-state index in [4.69, 9.17) is 15.2 Å². The van der Waals surface area contributed by atoms with E-state index in [2.05, 4.69) is 30.1 Å². The van der Waals surface area contributed by atoms with Gasteiger partial charge >= 0.3 is 18.0 Å². The van der Waals surface area contributed by atoms with Crippen molar-refractivity contribution < 1.29 is 29.4 Å². The highest BCUT2D eigenvalue weighted by Gasteiger charge is 2.25. The minimum atomic E-state index is -1.12. The second-order valence-electron chi connectivity index (χ2n) is 10.4. The Morgan fingerprint density at radius 2 is 1.36 bits per heavy atom. The number of rotatable bonds is 5. The number of carboxylic acid groups (broad SMARTS) is 2. The molecule has 0 atom stereocenters. The van der Waals surface area contributed by atoms with Crippen LogP contribution in [-0.2, 0) is 0 Å². The minimum Gasteiger partial charge on any atom is -0.478 e. The number of carbonyl (C=O) groups excluding carboxylic acids is 2. The predicted molar refractivity (Wildman–Crippen MR) is 159 cm³/mol. The van der Waals surface area contributed by atoms with Crippen LogP contribution in [0, 0.1) is 27.7 Å². The highest BCUT2D eigenvalue weighted by molar-refractivity contribution is 5.97. The number of pyridine rings is 1. The van der Waals surface area contributed by atoms with Crippen molar-refractivity contribution >= 4 is 35.4 Å². The van der Waals surface area contributed by atoms with Crippen molar-refractivity contribution in [2.45, 2.75) is 27.7 Å². The van der Waals surface area contributed by atoms with Crippen molar-refractivity contribution in [3.05, 3.63) is 87.6 Å². The lowest BCUT2D eigenvalue weighted by Crippen LogP contribution is -2.49. The monoisotopic (exact) mass is 573 g/mol. The Balaban J connectivity index is 0.000000262. The van der Waals surface area contributed by atoms with Crippen LogP contribution in [0.15, 0.2) is 48.5 Å². The van der Waals surface area contributed by atoms with Gasteiger partial charge in [0.25, 0.3) is 5.91 Å². The molecular weight excluding hydrogens is 538 g/mol. The molecule has 3 aromatic rings. The standard InChI is InChI=1S/C22H27N5O2.C9H8O4/c1-15-14-16(2)20(24-17(15)3)25-10-12-26(13-11-25)21(28)18-4-6-19(7-5-18)27-9-8-23-22(27)29;1-5-2-6(8(10)11)4-7(3-5)9(12)13/h4-7,14H,8-13H2,1-3H3,(H,23,29);2-4H,1H3,(H,10,11)(H,12,13). The van der Waals surface area contributed by atoms with E-state index in [1.807, 2.05) is 36.1 Å². The van der Waals surface area contributed by atoms with Crippen LogP contribution in [0.3, 0.4) is 0 Å². The molecule has 0 bridgehead atoms. The van der Waals surface area contributed by atoms with E-state index in [1.165, 1.54) is 23.3 Å². The van der Waals surface area contributed by atoms with Gasteiger partial charge in [-0.3, -0.25) is 9.69 Å². The molecule has 5 rings (SSSR count). The third kappa shape index (κ3) is 6.85. The van der Waals surface area contributed by atoms with Crippen molar-refractivity contribution in [1.82, 2.24) is 15.2 Å². The molecule has 2 fully saturated rings. The van der Waals surface area contributed by atoms with Gasteiger partial charge in [-0.2, -0.15) is 0 Å². The number of nitrogens with zero attached hydrogens (tertiary/aromatic N) is 4. The fourth-order valence-corrected chi connectivity index (χ4v) is 4.98. The van der Waals surface area contributed by atoms with Crippen LogP contribution >= 0.6 is 0 Å². The number of carbonyl (C=O) groups is 4. The summed E-state index contributed by atoms with van der Waals surface area (Å²) in [6, 6.07) is 13.4. The number of amides is 3. The number of benzene rings is 2. The molecule has 0 saturated carbocycles. The lowest BCUT2D eigenvalue weighted by Gasteiger charge is -2.36. The summed E-state index contributed by atoms with van der Waals surface area (Å²) in [5.74, 6) is -1.18. The smallest absolute Gasteiger partial charge is 0.335 e. The Kier molecular flexibility index (Phi) is 9.09. The Bertz CT molecular complexity index is 1480. The summed E-state index contributed by atoms with van der Waals surface area (Å²) in [4.78, 5) is 56.4. The summed E-state index contributed by atoms with van der Waals surface area (Å²) in [6.07, 6.45) is 0. The largest absolute Gasteiger partial charge is 0.478 e. The molecule has 3 heterocycles. The molecule has 220 valence electrons. The van der Waals surface area contributed by atoms with E-state index >= 15 is 0 Å². The van der Waals surface area contributed by atoms with Gasteiger partial charge in [0.15, 0.2) is 0 Å². The first kappa shape index (κ1) is 30.0. The number of hydrogen-bond acceptors (Lipinski definition) is 6. The van der Waals surface area contributed by atoms with Gasteiger partial charge < -0.3 is 25.3 Å². The number of piperazine rings is 1. The first-order valence-electron chi connectivity index (χ1n) is 13.7. The van der Waals surface area contributed by atoms with Crippen molar-refractivity contribution in [3.63, 3.8) is 0 Å². The van der Waals surface area contributed by atoms with Crippen molar-refractivity contribution in [2.24, 2.45) is 0 Å². The Morgan fingerprint density at radius 1 is 0.762 bits per heavy atom. The molecule has 0 radical (unpaired) electrons. The molecule has 11 heteroatoms. The number of aromatic carboxylic acids is 2. The maximum absolute atomic E-state index is 12.9. The van der Waals surface area contributed by atoms with Crippen LogP contribution < -0.4 is 15.1 Å². The van der Waals surface area contributed by atoms with Crippen LogP contribution in [-0.4, -0.2) is 83.2 Å². The Labute approximate surface area is 244 Å². The van der Waals surface area contributed by atoms with Gasteiger partial charge in [0.05, 0.1) is 11.1 Å². The van der Waals surface area contributed by atoms with E-state index in [1.54, 1.807) is 11.8 Å². The summed E-state index contributed by atoms with van der Waals surface area (Å²) in [5.41, 5.74) is 5.52. The second kappa shape index (κ2) is 12.7. The Hall–Kier alpha value is -4.93. The summed E-state index contributed by atoms with van der Waals surface area (Å²) in [6.45, 7) is 12.0. The van der Waals surface area contributed by atoms with Crippen LogP contribution in [0.1, 0.15) is 53.5 Å². The molecule has 42 heavy (non-hydrogen) atoms. The van der Waals surface area contributed by atoms with Crippen LogP contribution in [0.4, 0.5) is 16.3 Å². The van der Waals surface area contributed by atoms with Crippen molar-refractivity contribution in [1.29, 1.82) is 0 Å². The quantitative estimate of drug-likeness (QED) is 0.417. The van der Waals surface area contributed by atoms with Gasteiger partial charge in [0, 0.05) is 56.2 Å². The number of urea groups is 1. The molecule has 11 nitrogen and oxygen atoms in total. The van der Waals surface area contributed by atoms with Gasteiger partial charge in [-0.1, -0.05) is 6.07 Å². The zero-order valence-corrected chi connectivity index (χ0v) is 24.2. The van der Waals surface area contributed by atoms with Crippen molar-refractivity contribution in [2.75, 3.05) is 49.1 Å². The van der Waals surface area contributed by atoms with E-state index in [-0.39, 0.29) is 23.1 Å². The third-order valence-corrected chi connectivity index (χ3v) is 7.35. The third-order valence-electron chi connectivity index (χ3n) is 7.35. The SMILES string of the molecule is Cc1cc(C(=O)O)cc(C(=O)O)c1.Cc1cc(C)c(N2CCN(C(=O)c3ccc(N4CCNC4=O)cc3)CC2)nc1C. The second-order valence-corrected chi connectivity index (χ2v) is 10.4. The molecule has 0 aliphatic carbocycles. The highest BCUT2D eigenvalue weighted by atomic mass is 16.4. The van der Waals surface area contributed by atoms with Gasteiger partial charge in [0.2, 0.25) is 0 Å². The number of aromatic nitrogens is 1. The molecule has 0 spiro atoms. The van der Waals surface area contributed by atoms with Crippen LogP contribution in [0.5, 0.6) is 0 Å². The van der Waals surface area contributed by atoms with E-state index in [0.717, 1.165) is 36.4 Å². The molecule has 0 unspecified atom stereocenters. The maximum Gasteiger partial charge on any atom is 0.335 e. The van der Waals surface area contributed by atoms with Gasteiger partial charge in [-0.15, -0.1) is 0 Å². The normalized spacial score (nSPS) is 14.7. The Morgan fingerprint density at radius 3 is 1.88 bits per heavy atom. The summed E-state index contributed by atoms with van der Waals surface area (Å²) >= 11 is 0. The average Bonchev–Trinajstić information content (AvgIpc) is 3.40. The van der Waals surface area contributed by atoms with Gasteiger partial charge in [-0.05, 0) is 86.8 Å². The summed E-state index contributed by atoms with van der Waals surface area (Å²) in [7, 11) is 0. The number of aryl methyl sites for hydroxylation is 4. The summed E-state index contributed by atoms with van der Waals surface area (Å²) in [5, 5.41) is 20.0. The van der Waals surface area contributed by atoms with Crippen molar-refractivity contribution in [3.8, 4) is 0 Å². The van der Waals surface area contributed by atoms with Gasteiger partial charge in [0.1, 0.15) is 5.82 Å². The van der Waals surface area contributed by atoms with E-state index < -0.39 is 11.9 Å². The molecule has 2 aliphatic rings. The predicted octanol–water partition coefficient (Wildman–Crippen LogP) is 3.89. The number of anilines is 2. The number of nitrogens with one attached hydrogen (secondary N) is 1. The average molecular weight is 574 g/mol. The first-order valence-corrected chi connectivity index (χ1v) is 13.7. The number of carboxylic acids is 2. The van der Waals surface area contributed by atoms with Crippen LogP contribution in [0.2, 0.25) is 0 Å². The van der Waals surface area contributed by atoms with E-state index in [0.29, 0.717) is 37.3 Å². The van der Waals surface area contributed by atoms with Gasteiger partial charge in [-0.25, -0.2) is 19.4 Å². The zero-order valence-electron chi connectivity index (χ0n) is 24.2. The summed E-state index contributed by atoms with van der Waals surface area (Å²) < 4.78 is 0. The molecule has 3 amide bonds. The fraction of sp³-hybridized carbons (Fsp3) is 0.323. The zero-order chi connectivity index (χ0) is 30.6. The molecule has 2 aromatic carbocycles.